The first kappa shape index (κ1) is 18.0. The number of unbranched alkanes of at least 4 members (excludes halogenated alkanes) is 9. The van der Waals surface area contributed by atoms with E-state index in [1.54, 1.807) is 12.4 Å². The van der Waals surface area contributed by atoms with Crippen LogP contribution in [0, 0.1) is 0 Å². The van der Waals surface area contributed by atoms with E-state index >= 15 is 0 Å². The van der Waals surface area contributed by atoms with Crippen LogP contribution in [0.15, 0.2) is 18.5 Å². The molecule has 0 aromatic carbocycles. The number of carbonyl (C=O) groups is 1. The van der Waals surface area contributed by atoms with Crippen LogP contribution in [0.5, 0.6) is 0 Å². The van der Waals surface area contributed by atoms with Gasteiger partial charge < -0.3 is 4.74 Å². The molecule has 0 fully saturated rings. The molecule has 3 heteroatoms. The topological polar surface area (TPSA) is 39.2 Å². The van der Waals surface area contributed by atoms with Crippen LogP contribution < -0.4 is 0 Å². The fraction of sp³-hybridized carbons (Fsp3) is 0.700. The van der Waals surface area contributed by atoms with Gasteiger partial charge in [0, 0.05) is 18.8 Å². The smallest absolute Gasteiger partial charge is 0.340 e. The van der Waals surface area contributed by atoms with E-state index in [1.165, 1.54) is 57.8 Å². The van der Waals surface area contributed by atoms with Crippen molar-refractivity contribution in [3.63, 3.8) is 0 Å². The van der Waals surface area contributed by atoms with E-state index in [-0.39, 0.29) is 12.1 Å². The summed E-state index contributed by atoms with van der Waals surface area (Å²) in [7, 11) is 0. The third kappa shape index (κ3) is 6.32. The number of aromatic nitrogens is 1. The van der Waals surface area contributed by atoms with Crippen LogP contribution in [0.4, 0.5) is 0 Å². The predicted octanol–water partition coefficient (Wildman–Crippen LogP) is 5.47. The van der Waals surface area contributed by atoms with Crippen molar-refractivity contribution in [1.29, 1.82) is 0 Å². The number of esters is 1. The lowest BCUT2D eigenvalue weighted by Gasteiger charge is -2.24. The van der Waals surface area contributed by atoms with Gasteiger partial charge in [0.25, 0.3) is 0 Å². The van der Waals surface area contributed by atoms with Crippen molar-refractivity contribution in [2.45, 2.75) is 90.1 Å². The average molecular weight is 317 g/mol. The normalized spacial score (nSPS) is 16.9. The minimum atomic E-state index is -0.198. The highest BCUT2D eigenvalue weighted by atomic mass is 16.5. The summed E-state index contributed by atoms with van der Waals surface area (Å²) in [5.74, 6) is -0.198. The summed E-state index contributed by atoms with van der Waals surface area (Å²) < 4.78 is 5.52. The van der Waals surface area contributed by atoms with Gasteiger partial charge in [-0.25, -0.2) is 4.79 Å². The molecule has 1 aromatic heterocycles. The van der Waals surface area contributed by atoms with E-state index in [9.17, 15) is 4.79 Å². The van der Waals surface area contributed by atoms with E-state index in [1.807, 2.05) is 6.07 Å². The minimum Gasteiger partial charge on any atom is -0.458 e. The molecular weight excluding hydrogens is 286 g/mol. The second-order valence-corrected chi connectivity index (χ2v) is 6.73. The van der Waals surface area contributed by atoms with Gasteiger partial charge in [0.15, 0.2) is 0 Å². The highest BCUT2D eigenvalue weighted by Gasteiger charge is 2.25. The van der Waals surface area contributed by atoms with Crippen molar-refractivity contribution in [3.05, 3.63) is 29.6 Å². The first-order valence-electron chi connectivity index (χ1n) is 9.45. The van der Waals surface area contributed by atoms with Crippen LogP contribution in [-0.4, -0.2) is 17.1 Å². The number of fused-ring (bicyclic) bond motifs is 1. The quantitative estimate of drug-likeness (QED) is 0.401. The maximum atomic E-state index is 11.9. The molecule has 1 aromatic rings. The summed E-state index contributed by atoms with van der Waals surface area (Å²) in [5, 5.41) is 0. The van der Waals surface area contributed by atoms with Crippen molar-refractivity contribution < 1.29 is 9.53 Å². The molecule has 2 heterocycles. The Bertz CT molecular complexity index is 472. The predicted molar refractivity (Wildman–Crippen MR) is 93.6 cm³/mol. The number of hydrogen-bond donors (Lipinski definition) is 0. The summed E-state index contributed by atoms with van der Waals surface area (Å²) in [6.45, 7) is 2.26. The average Bonchev–Trinajstić information content (AvgIpc) is 2.57. The van der Waals surface area contributed by atoms with Crippen LogP contribution in [-0.2, 0) is 11.2 Å². The summed E-state index contributed by atoms with van der Waals surface area (Å²) in [6.07, 6.45) is 18.7. The summed E-state index contributed by atoms with van der Waals surface area (Å²) in [4.78, 5) is 15.9. The Morgan fingerprint density at radius 1 is 1.04 bits per heavy atom. The van der Waals surface area contributed by atoms with E-state index in [4.69, 9.17) is 4.74 Å². The Morgan fingerprint density at radius 2 is 1.70 bits per heavy atom. The molecule has 0 aliphatic carbocycles. The van der Waals surface area contributed by atoms with Gasteiger partial charge in [0.05, 0.1) is 5.56 Å². The van der Waals surface area contributed by atoms with Gasteiger partial charge in [0.1, 0.15) is 6.10 Å². The number of cyclic esters (lactones) is 1. The van der Waals surface area contributed by atoms with Gasteiger partial charge >= 0.3 is 5.97 Å². The molecule has 1 unspecified atom stereocenters. The monoisotopic (exact) mass is 317 g/mol. The molecule has 0 saturated heterocycles. The molecular formula is C20H31NO2. The van der Waals surface area contributed by atoms with E-state index in [0.717, 1.165) is 24.8 Å². The Balaban J connectivity index is 1.52. The maximum absolute atomic E-state index is 11.9. The lowest BCUT2D eigenvalue weighted by Crippen LogP contribution is -2.27. The molecule has 0 N–H and O–H groups in total. The SMILES string of the molecule is CCCCCCCCCCCCC1Cc2ccncc2C(=O)O1. The minimum absolute atomic E-state index is 0.0615. The van der Waals surface area contributed by atoms with E-state index < -0.39 is 0 Å². The lowest BCUT2D eigenvalue weighted by atomic mass is 9.97. The Hall–Kier alpha value is -1.38. The molecule has 3 nitrogen and oxygen atoms in total. The maximum Gasteiger partial charge on any atom is 0.340 e. The number of hydrogen-bond acceptors (Lipinski definition) is 3. The van der Waals surface area contributed by atoms with Crippen LogP contribution in [0.1, 0.15) is 93.5 Å². The molecule has 0 spiro atoms. The molecule has 0 bridgehead atoms. The zero-order valence-corrected chi connectivity index (χ0v) is 14.6. The van der Waals surface area contributed by atoms with Crippen molar-refractivity contribution in [3.8, 4) is 0 Å². The molecule has 1 atom stereocenters. The van der Waals surface area contributed by atoms with Crippen LogP contribution in [0.2, 0.25) is 0 Å². The van der Waals surface area contributed by atoms with Crippen LogP contribution in [0.3, 0.4) is 0 Å². The summed E-state index contributed by atoms with van der Waals surface area (Å²) in [6, 6.07) is 1.95. The van der Waals surface area contributed by atoms with Crippen molar-refractivity contribution >= 4 is 5.97 Å². The Morgan fingerprint density at radius 3 is 2.39 bits per heavy atom. The van der Waals surface area contributed by atoms with Crippen LogP contribution in [0.25, 0.3) is 0 Å². The van der Waals surface area contributed by atoms with Crippen LogP contribution >= 0.6 is 0 Å². The van der Waals surface area contributed by atoms with E-state index in [0.29, 0.717) is 5.56 Å². The fourth-order valence-corrected chi connectivity index (χ4v) is 3.31. The molecule has 2 rings (SSSR count). The summed E-state index contributed by atoms with van der Waals surface area (Å²) >= 11 is 0. The molecule has 23 heavy (non-hydrogen) atoms. The molecule has 128 valence electrons. The van der Waals surface area contributed by atoms with Crippen molar-refractivity contribution in [2.24, 2.45) is 0 Å². The van der Waals surface area contributed by atoms with Gasteiger partial charge in [-0.3, -0.25) is 4.98 Å². The molecule has 0 radical (unpaired) electrons. The fourth-order valence-electron chi connectivity index (χ4n) is 3.31. The Labute approximate surface area is 140 Å². The van der Waals surface area contributed by atoms with Crippen molar-refractivity contribution in [1.82, 2.24) is 4.98 Å². The van der Waals surface area contributed by atoms with Gasteiger partial charge in [0.2, 0.25) is 0 Å². The highest BCUT2D eigenvalue weighted by Crippen LogP contribution is 2.23. The standard InChI is InChI=1S/C20H31NO2/c1-2-3-4-5-6-7-8-9-10-11-12-18-15-17-13-14-21-16-19(17)20(22)23-18/h13-14,16,18H,2-12,15H2,1H3. The van der Waals surface area contributed by atoms with E-state index in [2.05, 4.69) is 11.9 Å². The Kier molecular flexibility index (Phi) is 8.13. The van der Waals surface area contributed by atoms with Gasteiger partial charge in [-0.15, -0.1) is 0 Å². The molecule has 1 aliphatic heterocycles. The first-order chi connectivity index (χ1) is 11.3. The number of carbonyl (C=O) groups excluding carboxylic acids is 1. The first-order valence-corrected chi connectivity index (χ1v) is 9.45. The van der Waals surface area contributed by atoms with Gasteiger partial charge in [-0.2, -0.15) is 0 Å². The summed E-state index contributed by atoms with van der Waals surface area (Å²) in [5.41, 5.74) is 1.74. The number of nitrogens with zero attached hydrogens (tertiary/aromatic N) is 1. The van der Waals surface area contributed by atoms with Gasteiger partial charge in [-0.05, 0) is 24.5 Å². The zero-order chi connectivity index (χ0) is 16.3. The highest BCUT2D eigenvalue weighted by molar-refractivity contribution is 5.91. The third-order valence-corrected chi connectivity index (χ3v) is 4.73. The largest absolute Gasteiger partial charge is 0.458 e. The zero-order valence-electron chi connectivity index (χ0n) is 14.6. The second kappa shape index (κ2) is 10.4. The van der Waals surface area contributed by atoms with Gasteiger partial charge in [-0.1, -0.05) is 64.7 Å². The second-order valence-electron chi connectivity index (χ2n) is 6.73. The lowest BCUT2D eigenvalue weighted by molar-refractivity contribution is 0.0231. The van der Waals surface area contributed by atoms with Crippen molar-refractivity contribution in [2.75, 3.05) is 0 Å². The molecule has 0 saturated carbocycles. The number of pyridine rings is 1. The molecule has 0 amide bonds. The third-order valence-electron chi connectivity index (χ3n) is 4.73. The molecule has 1 aliphatic rings. The number of ether oxygens (including phenoxy) is 1. The number of rotatable bonds is 11.